The molecule has 28 heavy (non-hydrogen) atoms. The van der Waals surface area contributed by atoms with Crippen LogP contribution < -0.4 is 11.4 Å². The average Bonchev–Trinajstić information content (AvgIpc) is 2.98. The SMILES string of the molecule is NC(=O)c1nc(-c2cccc(Cl)c2)nc2c1[nH]c(=O)n2-c1ccc(Cl)c(Cl)c1. The van der Waals surface area contributed by atoms with Crippen molar-refractivity contribution in [3.63, 3.8) is 0 Å². The van der Waals surface area contributed by atoms with Crippen LogP contribution in [-0.4, -0.2) is 25.4 Å². The van der Waals surface area contributed by atoms with Crippen LogP contribution in [0.3, 0.4) is 0 Å². The number of H-pyrrole nitrogens is 1. The van der Waals surface area contributed by atoms with Crippen molar-refractivity contribution in [1.29, 1.82) is 0 Å². The van der Waals surface area contributed by atoms with Crippen LogP contribution in [0.25, 0.3) is 28.2 Å². The van der Waals surface area contributed by atoms with Gasteiger partial charge in [-0.1, -0.05) is 46.9 Å². The highest BCUT2D eigenvalue weighted by Gasteiger charge is 2.20. The van der Waals surface area contributed by atoms with E-state index in [0.29, 0.717) is 21.3 Å². The van der Waals surface area contributed by atoms with Gasteiger partial charge in [0.1, 0.15) is 5.52 Å². The van der Waals surface area contributed by atoms with Crippen LogP contribution in [0.1, 0.15) is 10.5 Å². The number of nitrogens with zero attached hydrogens (tertiary/aromatic N) is 3. The quantitative estimate of drug-likeness (QED) is 0.511. The summed E-state index contributed by atoms with van der Waals surface area (Å²) in [5, 5.41) is 1.07. The van der Waals surface area contributed by atoms with Gasteiger partial charge in [-0.15, -0.1) is 0 Å². The van der Waals surface area contributed by atoms with E-state index in [9.17, 15) is 9.59 Å². The number of benzene rings is 2. The number of aromatic nitrogens is 4. The molecular weight excluding hydrogens is 425 g/mol. The smallest absolute Gasteiger partial charge is 0.332 e. The fourth-order valence-corrected chi connectivity index (χ4v) is 3.27. The summed E-state index contributed by atoms with van der Waals surface area (Å²) in [6.45, 7) is 0. The maximum absolute atomic E-state index is 12.6. The normalized spacial score (nSPS) is 11.1. The lowest BCUT2D eigenvalue weighted by molar-refractivity contribution is 0.0997. The number of rotatable bonds is 3. The molecule has 0 saturated heterocycles. The van der Waals surface area contributed by atoms with E-state index >= 15 is 0 Å². The van der Waals surface area contributed by atoms with Crippen molar-refractivity contribution in [3.05, 3.63) is 73.7 Å². The standard InChI is InChI=1S/C18H10Cl3N5O2/c19-9-3-1-2-8(6-9)16-23-13(15(22)27)14-17(25-16)26(18(28)24-14)10-4-5-11(20)12(21)7-10/h1-7H,(H2,22,27)(H,24,28). The summed E-state index contributed by atoms with van der Waals surface area (Å²) in [4.78, 5) is 35.8. The zero-order valence-electron chi connectivity index (χ0n) is 13.9. The van der Waals surface area contributed by atoms with Crippen LogP contribution in [-0.2, 0) is 0 Å². The Labute approximate surface area is 172 Å². The Balaban J connectivity index is 2.07. The first-order chi connectivity index (χ1) is 13.3. The second-order valence-corrected chi connectivity index (χ2v) is 7.08. The van der Waals surface area contributed by atoms with Crippen LogP contribution >= 0.6 is 34.8 Å². The van der Waals surface area contributed by atoms with Crippen molar-refractivity contribution < 1.29 is 4.79 Å². The number of aromatic amines is 1. The highest BCUT2D eigenvalue weighted by molar-refractivity contribution is 6.42. The third-order valence-corrected chi connectivity index (χ3v) is 4.99. The maximum atomic E-state index is 12.6. The summed E-state index contributed by atoms with van der Waals surface area (Å²) in [6, 6.07) is 11.5. The third-order valence-electron chi connectivity index (χ3n) is 4.01. The number of hydrogen-bond acceptors (Lipinski definition) is 4. The van der Waals surface area contributed by atoms with Crippen molar-refractivity contribution in [3.8, 4) is 17.1 Å². The van der Waals surface area contributed by atoms with Gasteiger partial charge >= 0.3 is 5.69 Å². The second kappa shape index (κ2) is 6.94. The van der Waals surface area contributed by atoms with Gasteiger partial charge in [-0.2, -0.15) is 0 Å². The van der Waals surface area contributed by atoms with Gasteiger partial charge in [0.25, 0.3) is 5.91 Å². The number of primary amides is 1. The van der Waals surface area contributed by atoms with Crippen LogP contribution in [0.2, 0.25) is 15.1 Å². The molecule has 0 fully saturated rings. The molecule has 140 valence electrons. The molecule has 0 aliphatic heterocycles. The number of fused-ring (bicyclic) bond motifs is 1. The predicted octanol–water partition coefficient (Wildman–Crippen LogP) is 3.83. The zero-order valence-corrected chi connectivity index (χ0v) is 16.2. The summed E-state index contributed by atoms with van der Waals surface area (Å²) >= 11 is 18.1. The molecule has 10 heteroatoms. The van der Waals surface area contributed by atoms with E-state index in [-0.39, 0.29) is 27.7 Å². The predicted molar refractivity (Wildman–Crippen MR) is 108 cm³/mol. The molecule has 0 unspecified atom stereocenters. The number of carbonyl (C=O) groups is 1. The molecule has 2 aromatic carbocycles. The molecule has 1 amide bonds. The van der Waals surface area contributed by atoms with E-state index in [1.54, 1.807) is 36.4 Å². The molecule has 0 spiro atoms. The highest BCUT2D eigenvalue weighted by Crippen LogP contribution is 2.27. The summed E-state index contributed by atoms with van der Waals surface area (Å²) in [6.07, 6.45) is 0. The van der Waals surface area contributed by atoms with Crippen LogP contribution in [0.4, 0.5) is 0 Å². The second-order valence-electron chi connectivity index (χ2n) is 5.83. The summed E-state index contributed by atoms with van der Waals surface area (Å²) in [5.41, 5.74) is 6.09. The summed E-state index contributed by atoms with van der Waals surface area (Å²) < 4.78 is 1.26. The number of carbonyl (C=O) groups excluding carboxylic acids is 1. The van der Waals surface area contributed by atoms with E-state index in [4.69, 9.17) is 40.5 Å². The molecular formula is C18H10Cl3N5O2. The Morgan fingerprint density at radius 1 is 1.04 bits per heavy atom. The van der Waals surface area contributed by atoms with Crippen molar-refractivity contribution in [2.75, 3.05) is 0 Å². The van der Waals surface area contributed by atoms with Crippen molar-refractivity contribution in [2.45, 2.75) is 0 Å². The number of nitrogens with one attached hydrogen (secondary N) is 1. The van der Waals surface area contributed by atoms with Gasteiger partial charge in [0.15, 0.2) is 17.2 Å². The minimum Gasteiger partial charge on any atom is -0.364 e. The summed E-state index contributed by atoms with van der Waals surface area (Å²) in [7, 11) is 0. The van der Waals surface area contributed by atoms with Gasteiger partial charge in [0.2, 0.25) is 0 Å². The Morgan fingerprint density at radius 2 is 1.82 bits per heavy atom. The van der Waals surface area contributed by atoms with Crippen molar-refractivity contribution in [1.82, 2.24) is 19.5 Å². The molecule has 0 radical (unpaired) electrons. The minimum atomic E-state index is -0.807. The number of halogens is 3. The highest BCUT2D eigenvalue weighted by atomic mass is 35.5. The number of amides is 1. The minimum absolute atomic E-state index is 0.115. The van der Waals surface area contributed by atoms with E-state index in [1.165, 1.54) is 10.6 Å². The van der Waals surface area contributed by atoms with Gasteiger partial charge in [-0.25, -0.2) is 19.3 Å². The largest absolute Gasteiger partial charge is 0.364 e. The lowest BCUT2D eigenvalue weighted by atomic mass is 10.2. The maximum Gasteiger partial charge on any atom is 0.332 e. The average molecular weight is 435 g/mol. The molecule has 2 aromatic heterocycles. The molecule has 0 saturated carbocycles. The number of imidazole rings is 1. The van der Waals surface area contributed by atoms with Gasteiger partial charge in [-0.05, 0) is 30.3 Å². The Hall–Kier alpha value is -2.87. The van der Waals surface area contributed by atoms with Gasteiger partial charge in [0.05, 0.1) is 15.7 Å². The summed E-state index contributed by atoms with van der Waals surface area (Å²) in [5.74, 6) is -0.616. The van der Waals surface area contributed by atoms with E-state index in [2.05, 4.69) is 15.0 Å². The first kappa shape index (κ1) is 18.5. The first-order valence-electron chi connectivity index (χ1n) is 7.89. The lowest BCUT2D eigenvalue weighted by Crippen LogP contribution is -2.15. The topological polar surface area (TPSA) is 107 Å². The monoisotopic (exact) mass is 433 g/mol. The van der Waals surface area contributed by atoms with Crippen molar-refractivity contribution in [2.24, 2.45) is 5.73 Å². The van der Waals surface area contributed by atoms with Gasteiger partial charge in [0, 0.05) is 10.6 Å². The van der Waals surface area contributed by atoms with E-state index in [1.807, 2.05) is 0 Å². The first-order valence-corrected chi connectivity index (χ1v) is 9.02. The molecule has 0 atom stereocenters. The fraction of sp³-hybridized carbons (Fsp3) is 0. The molecule has 4 aromatic rings. The molecule has 3 N–H and O–H groups in total. The van der Waals surface area contributed by atoms with Crippen LogP contribution in [0.5, 0.6) is 0 Å². The Bertz CT molecular complexity index is 1310. The van der Waals surface area contributed by atoms with E-state index in [0.717, 1.165) is 0 Å². The number of nitrogens with two attached hydrogens (primary N) is 1. The van der Waals surface area contributed by atoms with Crippen LogP contribution in [0.15, 0.2) is 47.3 Å². The van der Waals surface area contributed by atoms with E-state index < -0.39 is 11.6 Å². The molecule has 0 aliphatic rings. The Kier molecular flexibility index (Phi) is 4.58. The lowest BCUT2D eigenvalue weighted by Gasteiger charge is -2.07. The molecule has 0 aliphatic carbocycles. The van der Waals surface area contributed by atoms with Gasteiger partial charge in [-0.3, -0.25) is 4.79 Å². The molecule has 4 rings (SSSR count). The zero-order chi connectivity index (χ0) is 20.0. The third kappa shape index (κ3) is 3.13. The molecule has 2 heterocycles. The van der Waals surface area contributed by atoms with Crippen molar-refractivity contribution >= 4 is 51.9 Å². The molecule has 0 bridgehead atoms. The number of hydrogen-bond donors (Lipinski definition) is 2. The fourth-order valence-electron chi connectivity index (χ4n) is 2.78. The molecule has 7 nitrogen and oxygen atoms in total. The Morgan fingerprint density at radius 3 is 2.50 bits per heavy atom. The van der Waals surface area contributed by atoms with Gasteiger partial charge < -0.3 is 10.7 Å². The van der Waals surface area contributed by atoms with Crippen LogP contribution in [0, 0.1) is 0 Å².